The molecule has 1 aromatic rings. The van der Waals surface area contributed by atoms with E-state index in [0.29, 0.717) is 11.8 Å². The first kappa shape index (κ1) is 10.7. The summed E-state index contributed by atoms with van der Waals surface area (Å²) in [6.45, 7) is 1.08. The van der Waals surface area contributed by atoms with Crippen molar-refractivity contribution in [1.29, 1.82) is 0 Å². The highest BCUT2D eigenvalue weighted by Gasteiger charge is 2.18. The Kier molecular flexibility index (Phi) is 3.80. The topological polar surface area (TPSA) is 45.4 Å². The van der Waals surface area contributed by atoms with Crippen LogP contribution in [0.4, 0.5) is 0 Å². The first-order valence-corrected chi connectivity index (χ1v) is 5.81. The third kappa shape index (κ3) is 3.08. The molecule has 0 spiro atoms. The van der Waals surface area contributed by atoms with Crippen LogP contribution in [0.25, 0.3) is 0 Å². The van der Waals surface area contributed by atoms with Gasteiger partial charge in [0, 0.05) is 6.04 Å². The molecule has 15 heavy (non-hydrogen) atoms. The van der Waals surface area contributed by atoms with Crippen molar-refractivity contribution in [2.24, 2.45) is 0 Å². The molecule has 84 valence electrons. The highest BCUT2D eigenvalue weighted by molar-refractivity contribution is 5.02. The first-order valence-electron chi connectivity index (χ1n) is 5.81. The van der Waals surface area contributed by atoms with Crippen molar-refractivity contribution in [2.75, 3.05) is 6.54 Å². The Morgan fingerprint density at radius 1 is 1.47 bits per heavy atom. The number of hydrogen-bond donors (Lipinski definition) is 2. The predicted octanol–water partition coefficient (Wildman–Crippen LogP) is 2.24. The molecule has 0 aliphatic carbocycles. The number of furan rings is 1. The Morgan fingerprint density at radius 2 is 2.40 bits per heavy atom. The lowest BCUT2D eigenvalue weighted by molar-refractivity contribution is 0.125. The Bertz CT molecular complexity index is 263. The first-order chi connectivity index (χ1) is 7.36. The molecule has 3 nitrogen and oxygen atoms in total. The molecule has 1 saturated heterocycles. The van der Waals surface area contributed by atoms with E-state index < -0.39 is 6.10 Å². The average Bonchev–Trinajstić information content (AvgIpc) is 2.65. The summed E-state index contributed by atoms with van der Waals surface area (Å²) in [5.74, 6) is 0.682. The average molecular weight is 209 g/mol. The third-order valence-corrected chi connectivity index (χ3v) is 3.04. The van der Waals surface area contributed by atoms with Crippen molar-refractivity contribution < 1.29 is 9.52 Å². The van der Waals surface area contributed by atoms with Crippen LogP contribution in [0.1, 0.15) is 44.0 Å². The van der Waals surface area contributed by atoms with Crippen LogP contribution < -0.4 is 5.32 Å². The van der Waals surface area contributed by atoms with Crippen LogP contribution in [0, 0.1) is 0 Å². The molecule has 0 saturated carbocycles. The van der Waals surface area contributed by atoms with Gasteiger partial charge in [-0.2, -0.15) is 0 Å². The lowest BCUT2D eigenvalue weighted by Gasteiger charge is -2.18. The van der Waals surface area contributed by atoms with Gasteiger partial charge < -0.3 is 14.8 Å². The summed E-state index contributed by atoms with van der Waals surface area (Å²) < 4.78 is 5.19. The summed E-state index contributed by atoms with van der Waals surface area (Å²) in [5.41, 5.74) is 0. The summed E-state index contributed by atoms with van der Waals surface area (Å²) in [7, 11) is 0. The highest BCUT2D eigenvalue weighted by atomic mass is 16.4. The largest absolute Gasteiger partial charge is 0.467 e. The Balaban J connectivity index is 1.84. The molecule has 3 heteroatoms. The number of rotatable bonds is 3. The van der Waals surface area contributed by atoms with E-state index in [1.165, 1.54) is 19.3 Å². The van der Waals surface area contributed by atoms with Crippen molar-refractivity contribution in [3.8, 4) is 0 Å². The maximum atomic E-state index is 9.92. The third-order valence-electron chi connectivity index (χ3n) is 3.04. The van der Waals surface area contributed by atoms with E-state index in [4.69, 9.17) is 4.42 Å². The molecule has 0 bridgehead atoms. The lowest BCUT2D eigenvalue weighted by Crippen LogP contribution is -2.29. The summed E-state index contributed by atoms with van der Waals surface area (Å²) in [6, 6.07) is 4.09. The monoisotopic (exact) mass is 209 g/mol. The summed E-state index contributed by atoms with van der Waals surface area (Å²) in [6.07, 6.45) is 6.90. The van der Waals surface area contributed by atoms with Crippen molar-refractivity contribution in [1.82, 2.24) is 5.32 Å². The molecular weight excluding hydrogens is 190 g/mol. The fourth-order valence-corrected chi connectivity index (χ4v) is 2.17. The van der Waals surface area contributed by atoms with Gasteiger partial charge in [-0.05, 0) is 37.9 Å². The number of hydrogen-bond acceptors (Lipinski definition) is 3. The van der Waals surface area contributed by atoms with Gasteiger partial charge in [0.05, 0.1) is 6.26 Å². The fraction of sp³-hybridized carbons (Fsp3) is 0.667. The van der Waals surface area contributed by atoms with Crippen LogP contribution in [-0.4, -0.2) is 17.7 Å². The van der Waals surface area contributed by atoms with Crippen LogP contribution in [0.5, 0.6) is 0 Å². The van der Waals surface area contributed by atoms with E-state index in [-0.39, 0.29) is 0 Å². The van der Waals surface area contributed by atoms with Crippen molar-refractivity contribution in [3.05, 3.63) is 24.2 Å². The Hall–Kier alpha value is -0.800. The van der Waals surface area contributed by atoms with Crippen LogP contribution in [-0.2, 0) is 0 Å². The molecule has 1 aliphatic rings. The van der Waals surface area contributed by atoms with Gasteiger partial charge in [0.2, 0.25) is 0 Å². The van der Waals surface area contributed by atoms with E-state index >= 15 is 0 Å². The van der Waals surface area contributed by atoms with Gasteiger partial charge in [0.1, 0.15) is 11.9 Å². The number of aliphatic hydroxyl groups is 1. The van der Waals surface area contributed by atoms with Crippen molar-refractivity contribution >= 4 is 0 Å². The van der Waals surface area contributed by atoms with Gasteiger partial charge in [0.25, 0.3) is 0 Å². The second kappa shape index (κ2) is 5.33. The predicted molar refractivity (Wildman–Crippen MR) is 58.5 cm³/mol. The molecule has 0 unspecified atom stereocenters. The van der Waals surface area contributed by atoms with Crippen molar-refractivity contribution in [3.63, 3.8) is 0 Å². The number of nitrogens with one attached hydrogen (secondary N) is 1. The van der Waals surface area contributed by atoms with Gasteiger partial charge in [-0.25, -0.2) is 0 Å². The van der Waals surface area contributed by atoms with Gasteiger partial charge in [0.15, 0.2) is 0 Å². The minimum Gasteiger partial charge on any atom is -0.467 e. The van der Waals surface area contributed by atoms with Crippen LogP contribution in [0.15, 0.2) is 22.8 Å². The molecule has 2 atom stereocenters. The molecule has 2 heterocycles. The smallest absolute Gasteiger partial charge is 0.132 e. The molecule has 2 rings (SSSR count). The molecule has 0 aromatic carbocycles. The van der Waals surface area contributed by atoms with Crippen LogP contribution >= 0.6 is 0 Å². The number of aliphatic hydroxyl groups excluding tert-OH is 1. The van der Waals surface area contributed by atoms with Gasteiger partial charge in [-0.1, -0.05) is 12.8 Å². The second-order valence-electron chi connectivity index (χ2n) is 4.27. The molecule has 2 N–H and O–H groups in total. The zero-order valence-corrected chi connectivity index (χ0v) is 8.98. The molecule has 1 aliphatic heterocycles. The normalized spacial score (nSPS) is 24.7. The Labute approximate surface area is 90.5 Å². The van der Waals surface area contributed by atoms with Crippen LogP contribution in [0.2, 0.25) is 0 Å². The second-order valence-corrected chi connectivity index (χ2v) is 4.27. The van der Waals surface area contributed by atoms with Gasteiger partial charge in [-0.3, -0.25) is 0 Å². The van der Waals surface area contributed by atoms with Crippen LogP contribution in [0.3, 0.4) is 0 Å². The van der Waals surface area contributed by atoms with Gasteiger partial charge in [-0.15, -0.1) is 0 Å². The molecular formula is C12H19NO2. The molecule has 0 amide bonds. The minimum atomic E-state index is -0.462. The van der Waals surface area contributed by atoms with E-state index in [1.807, 2.05) is 12.1 Å². The Morgan fingerprint density at radius 3 is 3.20 bits per heavy atom. The van der Waals surface area contributed by atoms with E-state index in [2.05, 4.69) is 5.32 Å². The summed E-state index contributed by atoms with van der Waals surface area (Å²) in [4.78, 5) is 0. The molecule has 1 aromatic heterocycles. The molecule has 0 radical (unpaired) electrons. The maximum absolute atomic E-state index is 9.92. The quantitative estimate of drug-likeness (QED) is 0.802. The summed E-state index contributed by atoms with van der Waals surface area (Å²) >= 11 is 0. The standard InChI is InChI=1S/C12H19NO2/c14-11(12-6-4-8-15-12)9-10-5-2-1-3-7-13-10/h4,6,8,10-11,13-14H,1-3,5,7,9H2/t10-,11+/m0/s1. The summed E-state index contributed by atoms with van der Waals surface area (Å²) in [5, 5.41) is 13.4. The van der Waals surface area contributed by atoms with E-state index in [0.717, 1.165) is 19.4 Å². The lowest BCUT2D eigenvalue weighted by atomic mass is 10.0. The SMILES string of the molecule is O[C@H](C[C@@H]1CCCCCN1)c1ccco1. The fourth-order valence-electron chi connectivity index (χ4n) is 2.17. The molecule has 1 fully saturated rings. The van der Waals surface area contributed by atoms with Gasteiger partial charge >= 0.3 is 0 Å². The highest BCUT2D eigenvalue weighted by Crippen LogP contribution is 2.22. The van der Waals surface area contributed by atoms with E-state index in [1.54, 1.807) is 6.26 Å². The minimum absolute atomic E-state index is 0.438. The zero-order chi connectivity index (χ0) is 10.5. The van der Waals surface area contributed by atoms with Crippen molar-refractivity contribution in [2.45, 2.75) is 44.2 Å². The zero-order valence-electron chi connectivity index (χ0n) is 8.98. The van der Waals surface area contributed by atoms with E-state index in [9.17, 15) is 5.11 Å². The maximum Gasteiger partial charge on any atom is 0.132 e.